The fourth-order valence-corrected chi connectivity index (χ4v) is 1.99. The summed E-state index contributed by atoms with van der Waals surface area (Å²) in [6, 6.07) is 6.07. The summed E-state index contributed by atoms with van der Waals surface area (Å²) in [7, 11) is 0. The van der Waals surface area contributed by atoms with Gasteiger partial charge in [-0.15, -0.1) is 0 Å². The second-order valence-electron chi connectivity index (χ2n) is 17.4. The average molecular weight is 708 g/mol. The molecule has 1 rings (SSSR count). The van der Waals surface area contributed by atoms with Gasteiger partial charge in [0.2, 0.25) is 17.7 Å². The Morgan fingerprint density at radius 3 is 1.16 bits per heavy atom. The number of nitrogens with one attached hydrogen (secondary N) is 3. The molecule has 0 heterocycles. The normalized spacial score (nSPS) is 11.2. The monoisotopic (exact) mass is 708 g/mol. The maximum Gasteiger partial charge on any atom is 0.335 e. The molecule has 4 N–H and O–H groups in total. The zero-order valence-corrected chi connectivity index (χ0v) is 35.0. The first-order chi connectivity index (χ1) is 22.1. The summed E-state index contributed by atoms with van der Waals surface area (Å²) < 4.78 is 0. The standard InChI is InChI=1S/C12H15NO3.C8H15NO2.C8H17NO.C6H12O.C6H14/c1-12(2,3)11(16)13-9-6-4-8(5-7-9)10(14)15;1-6(10)5-9-7(11)8(2,3)4;1-5-6-9-7(10)8(2,3)4;1-5(7)6(2,3)4;1-5-6(2,3)4/h4-7H,1-3H3,(H,13,16)(H,14,15);5H2,1-4H3,(H,9,11);5-6H2,1-4H3,(H,9,10);1-4H3;5H2,1-4H3. The van der Waals surface area contributed by atoms with Gasteiger partial charge in [0.15, 0.2) is 0 Å². The second-order valence-corrected chi connectivity index (χ2v) is 17.4. The lowest BCUT2D eigenvalue weighted by Crippen LogP contribution is -2.37. The van der Waals surface area contributed by atoms with E-state index in [1.54, 1.807) is 19.1 Å². The number of hydrogen-bond acceptors (Lipinski definition) is 6. The number of ketones is 2. The van der Waals surface area contributed by atoms with E-state index >= 15 is 0 Å². The maximum absolute atomic E-state index is 11.6. The molecule has 0 bridgehead atoms. The van der Waals surface area contributed by atoms with E-state index in [0.29, 0.717) is 11.1 Å². The third-order valence-corrected chi connectivity index (χ3v) is 6.58. The molecule has 0 radical (unpaired) electrons. The average Bonchev–Trinajstić information content (AvgIpc) is 2.93. The molecule has 3 amide bonds. The number of hydrogen-bond donors (Lipinski definition) is 4. The molecular formula is C40H73N3O7. The Bertz CT molecular complexity index is 1180. The lowest BCUT2D eigenvalue weighted by atomic mass is 9.92. The van der Waals surface area contributed by atoms with Crippen molar-refractivity contribution in [1.82, 2.24) is 10.6 Å². The molecule has 0 aromatic heterocycles. The number of aromatic carboxylic acids is 1. The van der Waals surface area contributed by atoms with Crippen molar-refractivity contribution in [2.45, 2.75) is 144 Å². The molecule has 10 nitrogen and oxygen atoms in total. The van der Waals surface area contributed by atoms with Gasteiger partial charge in [-0.25, -0.2) is 4.79 Å². The Kier molecular flexibility index (Phi) is 25.3. The fourth-order valence-electron chi connectivity index (χ4n) is 1.99. The van der Waals surface area contributed by atoms with Crippen LogP contribution in [0.15, 0.2) is 24.3 Å². The van der Waals surface area contributed by atoms with E-state index in [-0.39, 0.29) is 52.2 Å². The molecule has 0 spiro atoms. The quantitative estimate of drug-likeness (QED) is 0.230. The molecule has 0 aliphatic heterocycles. The van der Waals surface area contributed by atoms with Crippen LogP contribution in [0, 0.1) is 27.1 Å². The van der Waals surface area contributed by atoms with E-state index in [4.69, 9.17) is 5.11 Å². The van der Waals surface area contributed by atoms with Gasteiger partial charge < -0.3 is 21.1 Å². The van der Waals surface area contributed by atoms with Crippen LogP contribution in [-0.2, 0) is 24.0 Å². The SMILES string of the molecule is CC(=O)C(C)(C)C.CC(=O)CNC(=O)C(C)(C)C.CC(C)(C)C(=O)Nc1ccc(C(=O)O)cc1.CCC(C)(C)C.CCCNC(=O)C(C)(C)C. The van der Waals surface area contributed by atoms with Crippen molar-refractivity contribution in [3.05, 3.63) is 29.8 Å². The first kappa shape index (κ1) is 53.2. The summed E-state index contributed by atoms with van der Waals surface area (Å²) >= 11 is 0. The van der Waals surface area contributed by atoms with Crippen molar-refractivity contribution in [1.29, 1.82) is 0 Å². The highest BCUT2D eigenvalue weighted by atomic mass is 16.4. The zero-order valence-electron chi connectivity index (χ0n) is 35.0. The first-order valence-corrected chi connectivity index (χ1v) is 17.3. The number of carboxylic acid groups (broad SMARTS) is 1. The van der Waals surface area contributed by atoms with Crippen molar-refractivity contribution in [2.24, 2.45) is 27.1 Å². The van der Waals surface area contributed by atoms with Crippen molar-refractivity contribution in [2.75, 3.05) is 18.4 Å². The summed E-state index contributed by atoms with van der Waals surface area (Å²) in [6.07, 6.45) is 2.27. The van der Waals surface area contributed by atoms with Gasteiger partial charge in [0.1, 0.15) is 11.6 Å². The first-order valence-electron chi connectivity index (χ1n) is 17.3. The molecule has 10 heteroatoms. The van der Waals surface area contributed by atoms with E-state index in [9.17, 15) is 28.8 Å². The summed E-state index contributed by atoms with van der Waals surface area (Å²) in [5.74, 6) is -0.818. The van der Waals surface area contributed by atoms with E-state index in [2.05, 4.69) is 43.6 Å². The summed E-state index contributed by atoms with van der Waals surface area (Å²) in [5, 5.41) is 16.8. The lowest BCUT2D eigenvalue weighted by Gasteiger charge is -2.17. The Morgan fingerprint density at radius 1 is 0.580 bits per heavy atom. The maximum atomic E-state index is 11.6. The lowest BCUT2D eigenvalue weighted by molar-refractivity contribution is -0.130. The van der Waals surface area contributed by atoms with Gasteiger partial charge in [-0.3, -0.25) is 24.0 Å². The summed E-state index contributed by atoms with van der Waals surface area (Å²) in [5.41, 5.74) is 0.0921. The van der Waals surface area contributed by atoms with E-state index in [1.165, 1.54) is 25.5 Å². The van der Waals surface area contributed by atoms with Gasteiger partial charge in [0.05, 0.1) is 12.1 Å². The van der Waals surface area contributed by atoms with Gasteiger partial charge >= 0.3 is 5.97 Å². The van der Waals surface area contributed by atoms with Crippen LogP contribution in [0.25, 0.3) is 0 Å². The molecule has 0 aliphatic carbocycles. The summed E-state index contributed by atoms with van der Waals surface area (Å²) in [4.78, 5) is 65.4. The number of carboxylic acids is 1. The van der Waals surface area contributed by atoms with Crippen LogP contribution in [0.5, 0.6) is 0 Å². The van der Waals surface area contributed by atoms with Crippen LogP contribution in [0.2, 0.25) is 0 Å². The molecule has 0 saturated carbocycles. The highest BCUT2D eigenvalue weighted by molar-refractivity contribution is 5.95. The number of Topliss-reactive ketones (excluding diaryl/α,β-unsaturated/α-hetero) is 2. The van der Waals surface area contributed by atoms with Crippen LogP contribution < -0.4 is 16.0 Å². The van der Waals surface area contributed by atoms with Crippen LogP contribution >= 0.6 is 0 Å². The Hall–Kier alpha value is -3.56. The van der Waals surface area contributed by atoms with Crippen LogP contribution in [0.4, 0.5) is 5.69 Å². The molecule has 0 aliphatic rings. The van der Waals surface area contributed by atoms with Crippen molar-refractivity contribution < 1.29 is 33.9 Å². The smallest absolute Gasteiger partial charge is 0.335 e. The van der Waals surface area contributed by atoms with Crippen molar-refractivity contribution >= 4 is 40.9 Å². The zero-order chi connectivity index (χ0) is 40.9. The third-order valence-electron chi connectivity index (χ3n) is 6.58. The van der Waals surface area contributed by atoms with Gasteiger partial charge in [-0.1, -0.05) is 124 Å². The van der Waals surface area contributed by atoms with Crippen molar-refractivity contribution in [3.63, 3.8) is 0 Å². The minimum atomic E-state index is -0.978. The van der Waals surface area contributed by atoms with Crippen LogP contribution in [-0.4, -0.2) is 53.5 Å². The molecule has 0 saturated heterocycles. The molecule has 0 fully saturated rings. The largest absolute Gasteiger partial charge is 0.478 e. The van der Waals surface area contributed by atoms with Crippen LogP contribution in [0.1, 0.15) is 155 Å². The number of carbonyl (C=O) groups excluding carboxylic acids is 5. The van der Waals surface area contributed by atoms with Gasteiger partial charge in [0, 0.05) is 33.9 Å². The highest BCUT2D eigenvalue weighted by Crippen LogP contribution is 2.18. The topological polar surface area (TPSA) is 159 Å². The predicted molar refractivity (Wildman–Crippen MR) is 207 cm³/mol. The molecule has 1 aromatic rings. The van der Waals surface area contributed by atoms with Gasteiger partial charge in [0.25, 0.3) is 0 Å². The highest BCUT2D eigenvalue weighted by Gasteiger charge is 2.22. The van der Waals surface area contributed by atoms with E-state index < -0.39 is 16.8 Å². The van der Waals surface area contributed by atoms with E-state index in [1.807, 2.05) is 90.0 Å². The Balaban J connectivity index is -0.000000277. The predicted octanol–water partition coefficient (Wildman–Crippen LogP) is 8.73. The molecule has 0 unspecified atom stereocenters. The molecule has 290 valence electrons. The minimum Gasteiger partial charge on any atom is -0.478 e. The number of carbonyl (C=O) groups is 6. The van der Waals surface area contributed by atoms with Crippen molar-refractivity contribution in [3.8, 4) is 0 Å². The Morgan fingerprint density at radius 2 is 0.920 bits per heavy atom. The van der Waals surface area contributed by atoms with E-state index in [0.717, 1.165) is 13.0 Å². The molecule has 0 atom stereocenters. The molecular weight excluding hydrogens is 634 g/mol. The number of amides is 3. The molecule has 1 aromatic carbocycles. The summed E-state index contributed by atoms with van der Waals surface area (Å²) in [6.45, 7) is 37.3. The fraction of sp³-hybridized carbons (Fsp3) is 0.700. The minimum absolute atomic E-state index is 0.0254. The second kappa shape index (κ2) is 23.8. The Labute approximate surface area is 304 Å². The van der Waals surface area contributed by atoms with Crippen LogP contribution in [0.3, 0.4) is 0 Å². The van der Waals surface area contributed by atoms with Gasteiger partial charge in [-0.05, 0) is 49.9 Å². The van der Waals surface area contributed by atoms with Gasteiger partial charge in [-0.2, -0.15) is 0 Å². The third kappa shape index (κ3) is 33.0. The number of rotatable bonds is 6. The molecule has 50 heavy (non-hydrogen) atoms. The number of benzene rings is 1. The number of anilines is 1.